The SMILES string of the molecule is COc1ccc(C=CC(=O)c2ccc(OCc3ccccc3)cc2OCc2ccccc2)c(OCc2ccccc2)c1. The van der Waals surface area contributed by atoms with Crippen LogP contribution in [0.25, 0.3) is 6.08 Å². The lowest BCUT2D eigenvalue weighted by molar-refractivity contribution is 0.104. The van der Waals surface area contributed by atoms with Crippen LogP contribution in [-0.4, -0.2) is 12.9 Å². The highest BCUT2D eigenvalue weighted by molar-refractivity contribution is 6.08. The van der Waals surface area contributed by atoms with Gasteiger partial charge in [0.15, 0.2) is 5.78 Å². The molecule has 0 aromatic heterocycles. The van der Waals surface area contributed by atoms with Crippen molar-refractivity contribution < 1.29 is 23.7 Å². The number of rotatable bonds is 13. The summed E-state index contributed by atoms with van der Waals surface area (Å²) in [6.07, 6.45) is 3.29. The van der Waals surface area contributed by atoms with Crippen LogP contribution in [0.4, 0.5) is 0 Å². The summed E-state index contributed by atoms with van der Waals surface area (Å²) in [5, 5.41) is 0. The maximum atomic E-state index is 13.5. The predicted molar refractivity (Wildman–Crippen MR) is 165 cm³/mol. The molecule has 0 aliphatic heterocycles. The van der Waals surface area contributed by atoms with Crippen LogP contribution in [-0.2, 0) is 19.8 Å². The number of methoxy groups -OCH3 is 1. The molecule has 5 aromatic carbocycles. The van der Waals surface area contributed by atoms with Gasteiger partial charge in [0, 0.05) is 17.7 Å². The normalized spacial score (nSPS) is 10.8. The monoisotopic (exact) mass is 556 g/mol. The van der Waals surface area contributed by atoms with Gasteiger partial charge in [-0.2, -0.15) is 0 Å². The number of hydrogen-bond donors (Lipinski definition) is 0. The first kappa shape index (κ1) is 28.2. The number of benzene rings is 5. The van der Waals surface area contributed by atoms with E-state index in [2.05, 4.69) is 0 Å². The maximum absolute atomic E-state index is 13.5. The molecule has 0 spiro atoms. The van der Waals surface area contributed by atoms with Gasteiger partial charge in [-0.25, -0.2) is 0 Å². The summed E-state index contributed by atoms with van der Waals surface area (Å²) in [5.41, 5.74) is 4.29. The Balaban J connectivity index is 1.36. The van der Waals surface area contributed by atoms with Gasteiger partial charge in [-0.05, 0) is 53.1 Å². The Morgan fingerprint density at radius 1 is 0.571 bits per heavy atom. The van der Waals surface area contributed by atoms with Gasteiger partial charge < -0.3 is 18.9 Å². The molecule has 0 heterocycles. The molecule has 0 radical (unpaired) electrons. The summed E-state index contributed by atoms with van der Waals surface area (Å²) in [7, 11) is 1.61. The third kappa shape index (κ3) is 7.89. The number of carbonyl (C=O) groups excluding carboxylic acids is 1. The smallest absolute Gasteiger partial charge is 0.189 e. The zero-order valence-corrected chi connectivity index (χ0v) is 23.4. The van der Waals surface area contributed by atoms with Crippen molar-refractivity contribution in [2.24, 2.45) is 0 Å². The van der Waals surface area contributed by atoms with Crippen molar-refractivity contribution in [2.45, 2.75) is 19.8 Å². The van der Waals surface area contributed by atoms with Crippen LogP contribution in [0, 0.1) is 0 Å². The van der Waals surface area contributed by atoms with Crippen LogP contribution >= 0.6 is 0 Å². The molecule has 0 amide bonds. The van der Waals surface area contributed by atoms with Crippen LogP contribution in [0.2, 0.25) is 0 Å². The first-order valence-electron chi connectivity index (χ1n) is 13.7. The second-order valence-corrected chi connectivity index (χ2v) is 9.58. The molecule has 5 heteroatoms. The molecule has 0 atom stereocenters. The van der Waals surface area contributed by atoms with E-state index in [1.165, 1.54) is 6.08 Å². The van der Waals surface area contributed by atoms with Gasteiger partial charge in [0.05, 0.1) is 12.7 Å². The van der Waals surface area contributed by atoms with Crippen molar-refractivity contribution in [1.29, 1.82) is 0 Å². The minimum atomic E-state index is -0.197. The van der Waals surface area contributed by atoms with Gasteiger partial charge in [0.1, 0.15) is 42.8 Å². The first-order valence-corrected chi connectivity index (χ1v) is 13.7. The minimum absolute atomic E-state index is 0.197. The third-order valence-corrected chi connectivity index (χ3v) is 6.58. The van der Waals surface area contributed by atoms with Crippen molar-refractivity contribution in [3.05, 3.63) is 161 Å². The van der Waals surface area contributed by atoms with Crippen molar-refractivity contribution in [3.63, 3.8) is 0 Å². The molecule has 0 bridgehead atoms. The zero-order chi connectivity index (χ0) is 29.0. The lowest BCUT2D eigenvalue weighted by Gasteiger charge is -2.13. The third-order valence-electron chi connectivity index (χ3n) is 6.58. The Bertz CT molecular complexity index is 1610. The molecule has 5 aromatic rings. The number of hydrogen-bond acceptors (Lipinski definition) is 5. The molecule has 0 unspecified atom stereocenters. The van der Waals surface area contributed by atoms with E-state index in [9.17, 15) is 4.79 Å². The van der Waals surface area contributed by atoms with Crippen LogP contribution < -0.4 is 18.9 Å². The van der Waals surface area contributed by atoms with Gasteiger partial charge in [-0.3, -0.25) is 4.79 Å². The van der Waals surface area contributed by atoms with Crippen LogP contribution in [0.3, 0.4) is 0 Å². The molecular formula is C37H32O5. The van der Waals surface area contributed by atoms with Crippen molar-refractivity contribution in [2.75, 3.05) is 7.11 Å². The molecule has 0 saturated carbocycles. The summed E-state index contributed by atoms with van der Waals surface area (Å²) >= 11 is 0. The average Bonchev–Trinajstić information content (AvgIpc) is 3.06. The van der Waals surface area contributed by atoms with Crippen LogP contribution in [0.5, 0.6) is 23.0 Å². The lowest BCUT2D eigenvalue weighted by Crippen LogP contribution is -2.04. The van der Waals surface area contributed by atoms with Gasteiger partial charge in [-0.1, -0.05) is 91.0 Å². The van der Waals surface area contributed by atoms with E-state index < -0.39 is 0 Å². The van der Waals surface area contributed by atoms with Gasteiger partial charge in [0.2, 0.25) is 0 Å². The average molecular weight is 557 g/mol. The van der Waals surface area contributed by atoms with Crippen molar-refractivity contribution >= 4 is 11.9 Å². The predicted octanol–water partition coefficient (Wildman–Crippen LogP) is 8.33. The molecule has 5 rings (SSSR count). The molecule has 0 aliphatic rings. The van der Waals surface area contributed by atoms with Gasteiger partial charge in [-0.15, -0.1) is 0 Å². The summed E-state index contributed by atoms with van der Waals surface area (Å²) in [6, 6.07) is 40.5. The lowest BCUT2D eigenvalue weighted by atomic mass is 10.1. The molecule has 0 fully saturated rings. The Kier molecular flexibility index (Phi) is 9.67. The Labute approximate surface area is 246 Å². The number of allylic oxidation sites excluding steroid dienone is 1. The number of ether oxygens (including phenoxy) is 4. The van der Waals surface area contributed by atoms with Gasteiger partial charge in [0.25, 0.3) is 0 Å². The number of ketones is 1. The summed E-state index contributed by atoms with van der Waals surface area (Å²) in [5.74, 6) is 2.16. The molecule has 210 valence electrons. The second-order valence-electron chi connectivity index (χ2n) is 9.58. The van der Waals surface area contributed by atoms with Crippen molar-refractivity contribution in [1.82, 2.24) is 0 Å². The molecule has 5 nitrogen and oxygen atoms in total. The standard InChI is InChI=1S/C37H32O5/c1-39-32-19-17-31(36(23-32)41-26-29-13-7-3-8-14-29)18-22-35(38)34-21-20-33(40-25-28-11-5-2-6-12-28)24-37(34)42-27-30-15-9-4-10-16-30/h2-24H,25-27H2,1H3. The highest BCUT2D eigenvalue weighted by Crippen LogP contribution is 2.30. The summed E-state index contributed by atoms with van der Waals surface area (Å²) in [6.45, 7) is 1.13. The van der Waals surface area contributed by atoms with Crippen LogP contribution in [0.1, 0.15) is 32.6 Å². The van der Waals surface area contributed by atoms with Crippen molar-refractivity contribution in [3.8, 4) is 23.0 Å². The maximum Gasteiger partial charge on any atom is 0.189 e. The molecule has 42 heavy (non-hydrogen) atoms. The Hall–Kier alpha value is -5.29. The highest BCUT2D eigenvalue weighted by Gasteiger charge is 2.14. The quantitative estimate of drug-likeness (QED) is 0.108. The second kappa shape index (κ2) is 14.4. The summed E-state index contributed by atoms with van der Waals surface area (Å²) in [4.78, 5) is 13.5. The van der Waals surface area contributed by atoms with Gasteiger partial charge >= 0.3 is 0 Å². The summed E-state index contributed by atoms with van der Waals surface area (Å²) < 4.78 is 23.7. The topological polar surface area (TPSA) is 54.0 Å². The minimum Gasteiger partial charge on any atom is -0.497 e. The largest absolute Gasteiger partial charge is 0.497 e. The van der Waals surface area contributed by atoms with E-state index in [4.69, 9.17) is 18.9 Å². The molecule has 0 aliphatic carbocycles. The van der Waals surface area contributed by atoms with E-state index in [-0.39, 0.29) is 5.78 Å². The highest BCUT2D eigenvalue weighted by atomic mass is 16.5. The molecule has 0 N–H and O–H groups in total. The fourth-order valence-electron chi connectivity index (χ4n) is 4.29. The van der Waals surface area contributed by atoms with E-state index in [0.29, 0.717) is 48.4 Å². The molecule has 0 saturated heterocycles. The van der Waals surface area contributed by atoms with E-state index in [1.807, 2.05) is 109 Å². The van der Waals surface area contributed by atoms with Crippen LogP contribution in [0.15, 0.2) is 133 Å². The van der Waals surface area contributed by atoms with E-state index in [1.54, 1.807) is 31.4 Å². The first-order chi connectivity index (χ1) is 20.7. The Morgan fingerprint density at radius 3 is 1.64 bits per heavy atom. The zero-order valence-electron chi connectivity index (χ0n) is 23.4. The fourth-order valence-corrected chi connectivity index (χ4v) is 4.29. The fraction of sp³-hybridized carbons (Fsp3) is 0.108. The Morgan fingerprint density at radius 2 is 1.07 bits per heavy atom. The molecular weight excluding hydrogens is 524 g/mol. The van der Waals surface area contributed by atoms with E-state index in [0.717, 1.165) is 22.3 Å². The van der Waals surface area contributed by atoms with E-state index >= 15 is 0 Å². The number of carbonyl (C=O) groups is 1.